The van der Waals surface area contributed by atoms with E-state index in [2.05, 4.69) is 0 Å². The fourth-order valence-electron chi connectivity index (χ4n) is 1.98. The van der Waals surface area contributed by atoms with Crippen molar-refractivity contribution in [3.63, 3.8) is 0 Å². The van der Waals surface area contributed by atoms with E-state index in [1.165, 1.54) is 36.4 Å². The molecular formula is C16H10FNO3. The Balaban J connectivity index is 2.36. The minimum atomic E-state index is -1.22. The molecule has 1 N–H and O–H groups in total. The molecule has 0 atom stereocenters. The van der Waals surface area contributed by atoms with E-state index in [-0.39, 0.29) is 28.7 Å². The highest BCUT2D eigenvalue weighted by Gasteiger charge is 2.18. The number of carboxylic acid groups (broad SMARTS) is 1. The van der Waals surface area contributed by atoms with Crippen LogP contribution in [0.25, 0.3) is 0 Å². The third kappa shape index (κ3) is 2.95. The SMILES string of the molecule is N#Cc1cccc(CC(=O)c2ccccc2C(=O)O)c1F. The molecule has 0 bridgehead atoms. The molecule has 2 aromatic rings. The van der Waals surface area contributed by atoms with Gasteiger partial charge in [-0.15, -0.1) is 0 Å². The standard InChI is InChI=1S/C16H10FNO3/c17-15-10(4-3-5-11(15)9-18)8-14(19)12-6-1-2-7-13(12)16(20)21/h1-7H,8H2,(H,20,21). The molecule has 0 aromatic heterocycles. The molecule has 2 aromatic carbocycles. The highest BCUT2D eigenvalue weighted by Crippen LogP contribution is 2.17. The van der Waals surface area contributed by atoms with Gasteiger partial charge >= 0.3 is 5.97 Å². The van der Waals surface area contributed by atoms with Crippen molar-refractivity contribution < 1.29 is 19.1 Å². The molecule has 0 aliphatic heterocycles. The lowest BCUT2D eigenvalue weighted by molar-refractivity contribution is 0.0692. The van der Waals surface area contributed by atoms with Crippen LogP contribution in [-0.2, 0) is 6.42 Å². The number of ketones is 1. The van der Waals surface area contributed by atoms with E-state index in [4.69, 9.17) is 10.4 Å². The van der Waals surface area contributed by atoms with E-state index in [1.54, 1.807) is 12.1 Å². The van der Waals surface area contributed by atoms with Crippen molar-refractivity contribution in [1.29, 1.82) is 5.26 Å². The van der Waals surface area contributed by atoms with Crippen LogP contribution >= 0.6 is 0 Å². The smallest absolute Gasteiger partial charge is 0.336 e. The second-order valence-electron chi connectivity index (χ2n) is 4.34. The van der Waals surface area contributed by atoms with Gasteiger partial charge in [-0.2, -0.15) is 5.26 Å². The highest BCUT2D eigenvalue weighted by molar-refractivity contribution is 6.06. The third-order valence-corrected chi connectivity index (χ3v) is 3.01. The summed E-state index contributed by atoms with van der Waals surface area (Å²) in [4.78, 5) is 23.3. The van der Waals surface area contributed by atoms with Gasteiger partial charge in [0.2, 0.25) is 0 Å². The van der Waals surface area contributed by atoms with E-state index in [9.17, 15) is 14.0 Å². The van der Waals surface area contributed by atoms with Crippen molar-refractivity contribution in [3.8, 4) is 6.07 Å². The van der Waals surface area contributed by atoms with Gasteiger partial charge in [0, 0.05) is 12.0 Å². The second kappa shape index (κ2) is 5.97. The van der Waals surface area contributed by atoms with Gasteiger partial charge in [0.15, 0.2) is 5.78 Å². The molecule has 21 heavy (non-hydrogen) atoms. The molecule has 5 heteroatoms. The first kappa shape index (κ1) is 14.4. The molecule has 0 aliphatic carbocycles. The maximum Gasteiger partial charge on any atom is 0.336 e. The van der Waals surface area contributed by atoms with Gasteiger partial charge in [0.05, 0.1) is 11.1 Å². The Morgan fingerprint density at radius 1 is 1.10 bits per heavy atom. The van der Waals surface area contributed by atoms with Crippen LogP contribution in [-0.4, -0.2) is 16.9 Å². The van der Waals surface area contributed by atoms with E-state index in [1.807, 2.05) is 0 Å². The zero-order valence-corrected chi connectivity index (χ0v) is 10.8. The highest BCUT2D eigenvalue weighted by atomic mass is 19.1. The quantitative estimate of drug-likeness (QED) is 0.875. The van der Waals surface area contributed by atoms with Crippen LogP contribution in [0.5, 0.6) is 0 Å². The fraction of sp³-hybridized carbons (Fsp3) is 0.0625. The van der Waals surface area contributed by atoms with Crippen LogP contribution in [0.1, 0.15) is 31.8 Å². The van der Waals surface area contributed by atoms with Gasteiger partial charge in [-0.05, 0) is 17.7 Å². The number of halogens is 1. The van der Waals surface area contributed by atoms with Crippen LogP contribution in [0.2, 0.25) is 0 Å². The summed E-state index contributed by atoms with van der Waals surface area (Å²) >= 11 is 0. The Morgan fingerprint density at radius 2 is 1.76 bits per heavy atom. The lowest BCUT2D eigenvalue weighted by atomic mass is 9.97. The summed E-state index contributed by atoms with van der Waals surface area (Å²) in [5.74, 6) is -2.48. The predicted molar refractivity (Wildman–Crippen MR) is 72.6 cm³/mol. The summed E-state index contributed by atoms with van der Waals surface area (Å²) in [6.45, 7) is 0. The molecular weight excluding hydrogens is 273 g/mol. The molecule has 4 nitrogen and oxygen atoms in total. The average molecular weight is 283 g/mol. The maximum absolute atomic E-state index is 13.9. The summed E-state index contributed by atoms with van der Waals surface area (Å²) in [5.41, 5.74) is -0.183. The zero-order valence-electron chi connectivity index (χ0n) is 10.8. The van der Waals surface area contributed by atoms with E-state index >= 15 is 0 Å². The molecule has 0 spiro atoms. The van der Waals surface area contributed by atoms with Crippen molar-refractivity contribution in [2.45, 2.75) is 6.42 Å². The lowest BCUT2D eigenvalue weighted by Crippen LogP contribution is -2.11. The number of nitriles is 1. The minimum Gasteiger partial charge on any atom is -0.478 e. The van der Waals surface area contributed by atoms with Crippen LogP contribution in [0.15, 0.2) is 42.5 Å². The molecule has 0 amide bonds. The van der Waals surface area contributed by atoms with Gasteiger partial charge in [0.1, 0.15) is 11.9 Å². The molecule has 0 radical (unpaired) electrons. The first-order chi connectivity index (χ1) is 10.0. The van der Waals surface area contributed by atoms with Crippen LogP contribution < -0.4 is 0 Å². The summed E-state index contributed by atoms with van der Waals surface area (Å²) in [6.07, 6.45) is -0.300. The molecule has 0 unspecified atom stereocenters. The summed E-state index contributed by atoms with van der Waals surface area (Å²) < 4.78 is 13.9. The number of aromatic carboxylic acids is 1. The number of Topliss-reactive ketones (excluding diaryl/α,β-unsaturated/α-hetero) is 1. The Kier molecular flexibility index (Phi) is 4.10. The fourth-order valence-corrected chi connectivity index (χ4v) is 1.98. The van der Waals surface area contributed by atoms with Crippen LogP contribution in [0, 0.1) is 17.1 Å². The zero-order chi connectivity index (χ0) is 15.4. The van der Waals surface area contributed by atoms with Crippen LogP contribution in [0.4, 0.5) is 4.39 Å². The Hall–Kier alpha value is -3.00. The first-order valence-corrected chi connectivity index (χ1v) is 6.07. The lowest BCUT2D eigenvalue weighted by Gasteiger charge is -2.06. The van der Waals surface area contributed by atoms with Gasteiger partial charge in [0.25, 0.3) is 0 Å². The number of nitrogens with zero attached hydrogens (tertiary/aromatic N) is 1. The molecule has 0 saturated carbocycles. The summed E-state index contributed by atoms with van der Waals surface area (Å²) in [6, 6.07) is 11.6. The monoisotopic (exact) mass is 283 g/mol. The number of benzene rings is 2. The topological polar surface area (TPSA) is 78.2 Å². The Labute approximate surface area is 120 Å². The van der Waals surface area contributed by atoms with Crippen molar-refractivity contribution in [2.24, 2.45) is 0 Å². The average Bonchev–Trinajstić information content (AvgIpc) is 2.49. The van der Waals surface area contributed by atoms with Crippen molar-refractivity contribution in [2.75, 3.05) is 0 Å². The van der Waals surface area contributed by atoms with Gasteiger partial charge < -0.3 is 5.11 Å². The molecule has 2 rings (SSSR count). The molecule has 0 aliphatic rings. The Morgan fingerprint density at radius 3 is 2.38 bits per heavy atom. The van der Waals surface area contributed by atoms with E-state index in [0.717, 1.165) is 0 Å². The minimum absolute atomic E-state index is 0.0201. The number of carbonyl (C=O) groups is 2. The third-order valence-electron chi connectivity index (χ3n) is 3.01. The molecule has 0 heterocycles. The van der Waals surface area contributed by atoms with E-state index < -0.39 is 17.6 Å². The number of hydrogen-bond acceptors (Lipinski definition) is 3. The molecule has 0 fully saturated rings. The first-order valence-electron chi connectivity index (χ1n) is 6.07. The number of rotatable bonds is 4. The largest absolute Gasteiger partial charge is 0.478 e. The van der Waals surface area contributed by atoms with Gasteiger partial charge in [-0.1, -0.05) is 30.3 Å². The normalized spacial score (nSPS) is 9.90. The van der Waals surface area contributed by atoms with Crippen molar-refractivity contribution in [1.82, 2.24) is 0 Å². The molecule has 104 valence electrons. The summed E-state index contributed by atoms with van der Waals surface area (Å²) in [5, 5.41) is 17.8. The van der Waals surface area contributed by atoms with Gasteiger partial charge in [-0.3, -0.25) is 4.79 Å². The second-order valence-corrected chi connectivity index (χ2v) is 4.34. The van der Waals surface area contributed by atoms with Crippen molar-refractivity contribution in [3.05, 3.63) is 70.5 Å². The van der Waals surface area contributed by atoms with Crippen molar-refractivity contribution >= 4 is 11.8 Å². The van der Waals surface area contributed by atoms with Gasteiger partial charge in [-0.25, -0.2) is 9.18 Å². The maximum atomic E-state index is 13.9. The summed E-state index contributed by atoms with van der Waals surface area (Å²) in [7, 11) is 0. The number of carbonyl (C=O) groups excluding carboxylic acids is 1. The number of hydrogen-bond donors (Lipinski definition) is 1. The Bertz CT molecular complexity index is 762. The number of carboxylic acids is 1. The van der Waals surface area contributed by atoms with Crippen LogP contribution in [0.3, 0.4) is 0 Å². The van der Waals surface area contributed by atoms with E-state index in [0.29, 0.717) is 0 Å². The predicted octanol–water partition coefficient (Wildman–Crippen LogP) is 2.82. The molecule has 0 saturated heterocycles.